The zero-order chi connectivity index (χ0) is 11.7. The molecule has 3 rings (SSSR count). The predicted octanol–water partition coefficient (Wildman–Crippen LogP) is 1.47. The number of rotatable bonds is 1. The molecule has 2 N–H and O–H groups in total. The summed E-state index contributed by atoms with van der Waals surface area (Å²) in [5.74, 6) is 1.31. The number of nitrogens with two attached hydrogens (primary N) is 1. The van der Waals surface area contributed by atoms with Crippen LogP contribution in [0.1, 0.15) is 0 Å². The third kappa shape index (κ3) is 1.67. The second kappa shape index (κ2) is 3.79. The van der Waals surface area contributed by atoms with Crippen molar-refractivity contribution >= 4 is 16.7 Å². The summed E-state index contributed by atoms with van der Waals surface area (Å²) >= 11 is 0. The van der Waals surface area contributed by atoms with Crippen LogP contribution in [0, 0.1) is 6.07 Å². The van der Waals surface area contributed by atoms with E-state index in [9.17, 15) is 0 Å². The van der Waals surface area contributed by atoms with Crippen molar-refractivity contribution in [2.75, 3.05) is 5.73 Å². The average Bonchev–Trinajstić information content (AvgIpc) is 2.40. The van der Waals surface area contributed by atoms with Crippen LogP contribution in [0.15, 0.2) is 36.7 Å². The van der Waals surface area contributed by atoms with Gasteiger partial charge in [0.15, 0.2) is 11.6 Å². The Bertz CT molecular complexity index is 666. The molecule has 5 nitrogen and oxygen atoms in total. The van der Waals surface area contributed by atoms with Gasteiger partial charge in [-0.1, -0.05) is 6.07 Å². The van der Waals surface area contributed by atoms with Crippen molar-refractivity contribution in [3.8, 4) is 11.6 Å². The summed E-state index contributed by atoms with van der Waals surface area (Å²) < 4.78 is 0. The Morgan fingerprint density at radius 3 is 2.71 bits per heavy atom. The maximum absolute atomic E-state index is 5.87. The van der Waals surface area contributed by atoms with Gasteiger partial charge in [0.2, 0.25) is 0 Å². The van der Waals surface area contributed by atoms with E-state index in [1.54, 1.807) is 30.6 Å². The monoisotopic (exact) mass is 222 g/mol. The molecule has 0 amide bonds. The van der Waals surface area contributed by atoms with Crippen LogP contribution >= 0.6 is 0 Å². The van der Waals surface area contributed by atoms with E-state index in [0.717, 1.165) is 10.9 Å². The second-order valence-corrected chi connectivity index (χ2v) is 3.45. The molecule has 2 aromatic heterocycles. The van der Waals surface area contributed by atoms with E-state index in [1.165, 1.54) is 0 Å². The lowest BCUT2D eigenvalue weighted by Gasteiger charge is -2.03. The van der Waals surface area contributed by atoms with Crippen molar-refractivity contribution in [3.63, 3.8) is 0 Å². The standard InChI is InChI=1S/C12H8N5/c13-10-8-4-1-2-5-9(8)16-12(17-10)11-14-6-3-7-15-11/h2-7H,(H2,13,16,17). The highest BCUT2D eigenvalue weighted by molar-refractivity contribution is 5.88. The summed E-state index contributed by atoms with van der Waals surface area (Å²) in [6, 6.07) is 10.1. The molecule has 0 fully saturated rings. The summed E-state index contributed by atoms with van der Waals surface area (Å²) in [5.41, 5.74) is 6.63. The highest BCUT2D eigenvalue weighted by atomic mass is 15.0. The third-order valence-corrected chi connectivity index (χ3v) is 2.34. The van der Waals surface area contributed by atoms with E-state index < -0.39 is 0 Å². The Balaban J connectivity index is 2.26. The van der Waals surface area contributed by atoms with Gasteiger partial charge in [0.1, 0.15) is 5.82 Å². The molecule has 0 bridgehead atoms. The van der Waals surface area contributed by atoms with Crippen LogP contribution in [-0.2, 0) is 0 Å². The van der Waals surface area contributed by atoms with Crippen molar-refractivity contribution in [1.82, 2.24) is 19.9 Å². The fraction of sp³-hybridized carbons (Fsp3) is 0. The van der Waals surface area contributed by atoms with E-state index in [2.05, 4.69) is 26.0 Å². The fourth-order valence-corrected chi connectivity index (χ4v) is 1.55. The summed E-state index contributed by atoms with van der Waals surface area (Å²) in [7, 11) is 0. The van der Waals surface area contributed by atoms with Crippen LogP contribution in [0.5, 0.6) is 0 Å². The van der Waals surface area contributed by atoms with Gasteiger partial charge in [-0.25, -0.2) is 19.9 Å². The normalized spacial score (nSPS) is 10.6. The molecule has 1 aromatic carbocycles. The fourth-order valence-electron chi connectivity index (χ4n) is 1.55. The van der Waals surface area contributed by atoms with Gasteiger partial charge in [0.05, 0.1) is 5.52 Å². The second-order valence-electron chi connectivity index (χ2n) is 3.45. The molecule has 17 heavy (non-hydrogen) atoms. The number of anilines is 1. The Hall–Kier alpha value is -2.56. The quantitative estimate of drug-likeness (QED) is 0.674. The molecule has 0 saturated heterocycles. The Kier molecular flexibility index (Phi) is 2.15. The molecule has 0 spiro atoms. The third-order valence-electron chi connectivity index (χ3n) is 2.34. The first-order valence-electron chi connectivity index (χ1n) is 5.05. The topological polar surface area (TPSA) is 77.6 Å². The largest absolute Gasteiger partial charge is 0.383 e. The lowest BCUT2D eigenvalue weighted by Crippen LogP contribution is -1.99. The number of benzene rings is 1. The van der Waals surface area contributed by atoms with Crippen LogP contribution in [0.3, 0.4) is 0 Å². The summed E-state index contributed by atoms with van der Waals surface area (Å²) in [6.07, 6.45) is 3.29. The molecular formula is C12H8N5. The van der Waals surface area contributed by atoms with Crippen LogP contribution < -0.4 is 5.73 Å². The first-order chi connectivity index (χ1) is 8.34. The molecule has 0 aliphatic heterocycles. The van der Waals surface area contributed by atoms with Gasteiger partial charge in [-0.3, -0.25) is 0 Å². The zero-order valence-corrected chi connectivity index (χ0v) is 8.83. The van der Waals surface area contributed by atoms with Crippen molar-refractivity contribution in [2.45, 2.75) is 0 Å². The molecular weight excluding hydrogens is 214 g/mol. The Labute approximate surface area is 97.4 Å². The summed E-state index contributed by atoms with van der Waals surface area (Å²) in [6.45, 7) is 0. The molecule has 1 radical (unpaired) electrons. The number of nitrogen functional groups attached to an aromatic ring is 1. The number of hydrogen-bond acceptors (Lipinski definition) is 5. The van der Waals surface area contributed by atoms with E-state index in [0.29, 0.717) is 17.5 Å². The molecule has 2 heterocycles. The zero-order valence-electron chi connectivity index (χ0n) is 8.83. The number of aromatic nitrogens is 4. The predicted molar refractivity (Wildman–Crippen MR) is 63.8 cm³/mol. The highest BCUT2D eigenvalue weighted by Crippen LogP contribution is 2.20. The van der Waals surface area contributed by atoms with Gasteiger partial charge < -0.3 is 5.73 Å². The van der Waals surface area contributed by atoms with Crippen molar-refractivity contribution in [2.24, 2.45) is 0 Å². The van der Waals surface area contributed by atoms with Crippen molar-refractivity contribution in [3.05, 3.63) is 42.7 Å². The Morgan fingerprint density at radius 2 is 1.88 bits per heavy atom. The van der Waals surface area contributed by atoms with E-state index in [4.69, 9.17) is 5.73 Å². The molecule has 0 aliphatic carbocycles. The highest BCUT2D eigenvalue weighted by Gasteiger charge is 2.08. The molecule has 0 saturated carbocycles. The lowest BCUT2D eigenvalue weighted by molar-refractivity contribution is 1.10. The molecule has 3 aromatic rings. The molecule has 0 atom stereocenters. The van der Waals surface area contributed by atoms with Gasteiger partial charge >= 0.3 is 0 Å². The van der Waals surface area contributed by atoms with Crippen molar-refractivity contribution in [1.29, 1.82) is 0 Å². The van der Waals surface area contributed by atoms with Gasteiger partial charge in [-0.05, 0) is 24.3 Å². The number of hydrogen-bond donors (Lipinski definition) is 1. The average molecular weight is 222 g/mol. The molecule has 81 valence electrons. The van der Waals surface area contributed by atoms with Gasteiger partial charge in [0, 0.05) is 17.8 Å². The molecule has 5 heteroatoms. The van der Waals surface area contributed by atoms with Crippen LogP contribution in [0.25, 0.3) is 22.6 Å². The van der Waals surface area contributed by atoms with E-state index in [-0.39, 0.29) is 0 Å². The van der Waals surface area contributed by atoms with Crippen molar-refractivity contribution < 1.29 is 0 Å². The van der Waals surface area contributed by atoms with Gasteiger partial charge in [-0.2, -0.15) is 0 Å². The first-order valence-corrected chi connectivity index (χ1v) is 5.05. The summed E-state index contributed by atoms with van der Waals surface area (Å²) in [4.78, 5) is 16.8. The Morgan fingerprint density at radius 1 is 1.06 bits per heavy atom. The first kappa shape index (κ1) is 9.65. The lowest BCUT2D eigenvalue weighted by atomic mass is 10.2. The van der Waals surface area contributed by atoms with Crippen LogP contribution in [0.4, 0.5) is 5.82 Å². The minimum Gasteiger partial charge on any atom is -0.383 e. The minimum absolute atomic E-state index is 0.411. The maximum Gasteiger partial charge on any atom is 0.200 e. The van der Waals surface area contributed by atoms with Gasteiger partial charge in [0.25, 0.3) is 0 Å². The van der Waals surface area contributed by atoms with Gasteiger partial charge in [-0.15, -0.1) is 0 Å². The maximum atomic E-state index is 5.87. The van der Waals surface area contributed by atoms with E-state index >= 15 is 0 Å². The van der Waals surface area contributed by atoms with Crippen LogP contribution in [-0.4, -0.2) is 19.9 Å². The smallest absolute Gasteiger partial charge is 0.200 e. The minimum atomic E-state index is 0.411. The van der Waals surface area contributed by atoms with Crippen LogP contribution in [0.2, 0.25) is 0 Å². The van der Waals surface area contributed by atoms with E-state index in [1.807, 2.05) is 6.07 Å². The molecule has 0 aliphatic rings. The summed E-state index contributed by atoms with van der Waals surface area (Å²) in [5, 5.41) is 0.784. The number of nitrogens with zero attached hydrogens (tertiary/aromatic N) is 4. The number of fused-ring (bicyclic) bond motifs is 1. The molecule has 0 unspecified atom stereocenters. The SMILES string of the molecule is Nc1nc(-c2ncccn2)nc2cc[c]cc12.